The number of hydrogen-bond acceptors (Lipinski definition) is 6. The van der Waals surface area contributed by atoms with Crippen LogP contribution < -0.4 is 14.4 Å². The summed E-state index contributed by atoms with van der Waals surface area (Å²) in [4.78, 5) is 15.7. The predicted molar refractivity (Wildman–Crippen MR) is 166 cm³/mol. The topological polar surface area (TPSA) is 84.9 Å². The van der Waals surface area contributed by atoms with Crippen molar-refractivity contribution < 1.29 is 22.7 Å². The zero-order chi connectivity index (χ0) is 29.6. The molecule has 6 rings (SSSR count). The van der Waals surface area contributed by atoms with E-state index in [9.17, 15) is 13.2 Å². The molecule has 226 valence electrons. The lowest BCUT2D eigenvalue weighted by Gasteiger charge is -2.46. The fraction of sp³-hybridized carbons (Fsp3) is 0.545. The normalized spacial score (nSPS) is 33.3. The first-order valence-corrected chi connectivity index (χ1v) is 17.1. The smallest absolute Gasteiger partial charge is 0.264 e. The summed E-state index contributed by atoms with van der Waals surface area (Å²) >= 11 is 6.40. The molecule has 6 atom stereocenters. The third-order valence-electron chi connectivity index (χ3n) is 10.3. The monoisotopic (exact) mass is 612 g/mol. The molecule has 0 radical (unpaired) electrons. The predicted octanol–water partition coefficient (Wildman–Crippen LogP) is 5.90. The van der Waals surface area contributed by atoms with Crippen molar-refractivity contribution in [3.63, 3.8) is 0 Å². The Hall–Kier alpha value is -2.55. The third-order valence-corrected chi connectivity index (χ3v) is 12.4. The Morgan fingerprint density at radius 1 is 1.14 bits per heavy atom. The molecule has 1 saturated carbocycles. The summed E-state index contributed by atoms with van der Waals surface area (Å²) in [7, 11) is -2.13. The number of carbonyl (C=O) groups is 1. The van der Waals surface area contributed by atoms with Gasteiger partial charge < -0.3 is 14.4 Å². The minimum atomic E-state index is -3.88. The van der Waals surface area contributed by atoms with Crippen LogP contribution in [0.1, 0.15) is 67.4 Å². The Bertz CT molecular complexity index is 1490. The van der Waals surface area contributed by atoms with E-state index >= 15 is 0 Å². The molecule has 0 saturated heterocycles. The second-order valence-electron chi connectivity index (χ2n) is 12.8. The minimum absolute atomic E-state index is 0.0315. The average Bonchev–Trinajstić information content (AvgIpc) is 3.10. The first-order chi connectivity index (χ1) is 20.1. The highest BCUT2D eigenvalue weighted by molar-refractivity contribution is 7.90. The number of nitrogens with one attached hydrogen (secondary N) is 1. The first-order valence-electron chi connectivity index (χ1n) is 15.2. The van der Waals surface area contributed by atoms with Gasteiger partial charge in [-0.05, 0) is 105 Å². The van der Waals surface area contributed by atoms with Crippen LogP contribution in [0.3, 0.4) is 0 Å². The lowest BCUT2D eigenvalue weighted by Crippen LogP contribution is -2.49. The SMILES string of the molecule is CO[C@H]1/C=C/CC(C)[C@@H](C)S(=O)(=O)NC(=O)c2ccc3c(c2)N(C[C@@H]2CC[C@H]21)C[C@@]1(CCCc2cc(Cl)ccc21)CO3. The number of amides is 1. The molecule has 1 amide bonds. The zero-order valence-corrected chi connectivity index (χ0v) is 26.2. The van der Waals surface area contributed by atoms with E-state index in [0.717, 1.165) is 61.7 Å². The molecule has 1 N–H and O–H groups in total. The van der Waals surface area contributed by atoms with E-state index in [-0.39, 0.29) is 17.4 Å². The fourth-order valence-electron chi connectivity index (χ4n) is 7.39. The van der Waals surface area contributed by atoms with Gasteiger partial charge in [-0.2, -0.15) is 0 Å². The molecule has 1 fully saturated rings. The number of carbonyl (C=O) groups excluding carboxylic acids is 1. The number of fused-ring (bicyclic) bond motifs is 4. The molecule has 1 spiro atoms. The lowest BCUT2D eigenvalue weighted by atomic mass is 9.68. The molecule has 9 heteroatoms. The number of ether oxygens (including phenoxy) is 2. The van der Waals surface area contributed by atoms with Crippen LogP contribution in [-0.2, 0) is 26.6 Å². The molecular formula is C33H41ClN2O5S. The number of sulfonamides is 1. The fourth-order valence-corrected chi connectivity index (χ4v) is 8.87. The summed E-state index contributed by atoms with van der Waals surface area (Å²) in [6, 6.07) is 11.5. The van der Waals surface area contributed by atoms with E-state index in [4.69, 9.17) is 21.1 Å². The molecule has 0 aromatic heterocycles. The van der Waals surface area contributed by atoms with Gasteiger partial charge in [0.2, 0.25) is 10.0 Å². The highest BCUT2D eigenvalue weighted by Crippen LogP contribution is 2.47. The Kier molecular flexibility index (Phi) is 8.09. The number of hydrogen-bond donors (Lipinski definition) is 1. The van der Waals surface area contributed by atoms with E-state index in [0.29, 0.717) is 30.4 Å². The third kappa shape index (κ3) is 5.46. The highest BCUT2D eigenvalue weighted by Gasteiger charge is 2.44. The van der Waals surface area contributed by atoms with E-state index in [1.165, 1.54) is 11.1 Å². The van der Waals surface area contributed by atoms with Crippen LogP contribution in [0, 0.1) is 17.8 Å². The Balaban J connectivity index is 1.43. The van der Waals surface area contributed by atoms with Crippen molar-refractivity contribution in [2.24, 2.45) is 17.8 Å². The number of halogens is 1. The summed E-state index contributed by atoms with van der Waals surface area (Å²) in [5.41, 5.74) is 3.48. The summed E-state index contributed by atoms with van der Waals surface area (Å²) in [6.45, 7) is 5.63. The summed E-state index contributed by atoms with van der Waals surface area (Å²) < 4.78 is 41.3. The van der Waals surface area contributed by atoms with E-state index in [1.54, 1.807) is 20.1 Å². The van der Waals surface area contributed by atoms with Crippen LogP contribution in [0.25, 0.3) is 0 Å². The first kappa shape index (κ1) is 29.5. The Morgan fingerprint density at radius 2 is 1.98 bits per heavy atom. The number of nitrogens with zero attached hydrogens (tertiary/aromatic N) is 1. The summed E-state index contributed by atoms with van der Waals surface area (Å²) in [6.07, 6.45) is 9.93. The van der Waals surface area contributed by atoms with E-state index in [2.05, 4.69) is 27.8 Å². The molecule has 2 aromatic rings. The second kappa shape index (κ2) is 11.5. The van der Waals surface area contributed by atoms with Crippen LogP contribution in [0.2, 0.25) is 5.02 Å². The van der Waals surface area contributed by atoms with Crippen molar-refractivity contribution in [1.29, 1.82) is 0 Å². The Labute approximate surface area is 254 Å². The summed E-state index contributed by atoms with van der Waals surface area (Å²) in [5.74, 6) is 0.710. The van der Waals surface area contributed by atoms with Crippen LogP contribution in [0.15, 0.2) is 48.6 Å². The number of allylic oxidation sites excluding steroid dienone is 1. The molecular weight excluding hydrogens is 572 g/mol. The maximum absolute atomic E-state index is 13.4. The van der Waals surface area contributed by atoms with Crippen molar-refractivity contribution in [2.45, 2.75) is 69.1 Å². The number of methoxy groups -OCH3 is 1. The van der Waals surface area contributed by atoms with Gasteiger partial charge in [0.15, 0.2) is 0 Å². The molecule has 7 nitrogen and oxygen atoms in total. The molecule has 2 aromatic carbocycles. The zero-order valence-electron chi connectivity index (χ0n) is 24.6. The molecule has 4 aliphatic rings. The number of benzene rings is 2. The maximum atomic E-state index is 13.4. The maximum Gasteiger partial charge on any atom is 0.264 e. The largest absolute Gasteiger partial charge is 0.490 e. The molecule has 2 bridgehead atoms. The van der Waals surface area contributed by atoms with Crippen LogP contribution >= 0.6 is 11.6 Å². The van der Waals surface area contributed by atoms with E-state index < -0.39 is 21.2 Å². The van der Waals surface area contributed by atoms with Gasteiger partial charge >= 0.3 is 0 Å². The van der Waals surface area contributed by atoms with Crippen molar-refractivity contribution >= 4 is 33.2 Å². The van der Waals surface area contributed by atoms with Gasteiger partial charge in [-0.25, -0.2) is 13.1 Å². The quantitative estimate of drug-likeness (QED) is 0.404. The van der Waals surface area contributed by atoms with Gasteiger partial charge in [0, 0.05) is 36.2 Å². The van der Waals surface area contributed by atoms with Gasteiger partial charge in [0.1, 0.15) is 5.75 Å². The second-order valence-corrected chi connectivity index (χ2v) is 15.3. The van der Waals surface area contributed by atoms with Crippen molar-refractivity contribution in [3.8, 4) is 5.75 Å². The highest BCUT2D eigenvalue weighted by atomic mass is 35.5. The van der Waals surface area contributed by atoms with Crippen molar-refractivity contribution in [2.75, 3.05) is 31.7 Å². The van der Waals surface area contributed by atoms with Gasteiger partial charge in [-0.1, -0.05) is 36.7 Å². The number of rotatable bonds is 1. The molecule has 1 unspecified atom stereocenters. The van der Waals surface area contributed by atoms with Crippen LogP contribution in [0.4, 0.5) is 5.69 Å². The minimum Gasteiger partial charge on any atom is -0.490 e. The summed E-state index contributed by atoms with van der Waals surface area (Å²) in [5, 5.41) is 0.00998. The van der Waals surface area contributed by atoms with Crippen molar-refractivity contribution in [1.82, 2.24) is 4.72 Å². The number of aryl methyl sites for hydroxylation is 1. The van der Waals surface area contributed by atoms with Gasteiger partial charge in [-0.3, -0.25) is 4.79 Å². The van der Waals surface area contributed by atoms with E-state index in [1.807, 2.05) is 31.2 Å². The standard InChI is InChI=1S/C33H41ClN2O5S/c1-21-6-4-8-30(40-3)27-12-9-25(27)18-36-19-33(15-5-7-23-16-26(34)11-13-28(23)33)20-41-31-14-10-24(17-29(31)36)32(37)35-42(38,39)22(21)2/h4,8,10-11,13-14,16-17,21-22,25,27,30H,5-7,9,12,15,18-20H2,1-3H3,(H,35,37)/b8-4+/t21?,22-,25+,27-,30+,33+/m1/s1. The van der Waals surface area contributed by atoms with Gasteiger partial charge in [0.25, 0.3) is 5.91 Å². The van der Waals surface area contributed by atoms with Crippen LogP contribution in [0.5, 0.6) is 5.75 Å². The molecule has 2 aliphatic carbocycles. The molecule has 2 heterocycles. The molecule has 2 aliphatic heterocycles. The molecule has 42 heavy (non-hydrogen) atoms. The van der Waals surface area contributed by atoms with Gasteiger partial charge in [-0.15, -0.1) is 0 Å². The number of anilines is 1. The van der Waals surface area contributed by atoms with Gasteiger partial charge in [0.05, 0.1) is 23.6 Å². The lowest BCUT2D eigenvalue weighted by molar-refractivity contribution is 0.0131. The van der Waals surface area contributed by atoms with Crippen LogP contribution in [-0.4, -0.2) is 52.5 Å². The average molecular weight is 613 g/mol. The Morgan fingerprint density at radius 3 is 2.74 bits per heavy atom. The van der Waals surface area contributed by atoms with Crippen molar-refractivity contribution in [3.05, 3.63) is 70.3 Å².